The summed E-state index contributed by atoms with van der Waals surface area (Å²) < 4.78 is 24.4. The second-order valence-corrected chi connectivity index (χ2v) is 2.46. The molecule has 0 unspecified atom stereocenters. The van der Waals surface area contributed by atoms with Gasteiger partial charge in [-0.2, -0.15) is 5.26 Å². The lowest BCUT2D eigenvalue weighted by Gasteiger charge is -2.00. The smallest absolute Gasteiger partial charge is 0.265 e. The maximum absolute atomic E-state index is 12.2. The number of pyridine rings is 1. The van der Waals surface area contributed by atoms with E-state index in [9.17, 15) is 8.78 Å². The number of aromatic amines is 1. The Bertz CT molecular complexity index is 378. The van der Waals surface area contributed by atoms with E-state index < -0.39 is 6.43 Å². The van der Waals surface area contributed by atoms with Gasteiger partial charge in [-0.15, -0.1) is 0 Å². The Morgan fingerprint density at radius 2 is 2.25 bits per heavy atom. The minimum absolute atomic E-state index is 0.0512. The highest BCUT2D eigenvalue weighted by Crippen LogP contribution is 2.21. The lowest BCUT2D eigenvalue weighted by atomic mass is 10.2. The first kappa shape index (κ1) is 8.81. The summed E-state index contributed by atoms with van der Waals surface area (Å²) in [5.74, 6) is 0. The van der Waals surface area contributed by atoms with Crippen molar-refractivity contribution >= 4 is 12.2 Å². The molecule has 1 aromatic heterocycles. The second kappa shape index (κ2) is 3.41. The van der Waals surface area contributed by atoms with Gasteiger partial charge in [-0.3, -0.25) is 0 Å². The Hall–Kier alpha value is -1.28. The molecule has 0 radical (unpaired) electrons. The van der Waals surface area contributed by atoms with Crippen LogP contribution >= 0.6 is 12.2 Å². The number of hydrogen-bond acceptors (Lipinski definition) is 2. The van der Waals surface area contributed by atoms with Crippen LogP contribution in [-0.2, 0) is 0 Å². The molecular formula is C7H4F2N2S. The van der Waals surface area contributed by atoms with Crippen molar-refractivity contribution in [3.05, 3.63) is 28.0 Å². The molecule has 0 aliphatic heterocycles. The average molecular weight is 186 g/mol. The third-order valence-electron chi connectivity index (χ3n) is 1.34. The van der Waals surface area contributed by atoms with E-state index in [1.165, 1.54) is 6.20 Å². The lowest BCUT2D eigenvalue weighted by molar-refractivity contribution is 0.151. The Labute approximate surface area is 72.5 Å². The maximum Gasteiger partial charge on any atom is 0.265 e. The molecule has 1 heterocycles. The number of H-pyrrole nitrogens is 1. The number of nitrogens with one attached hydrogen (secondary N) is 1. The van der Waals surface area contributed by atoms with E-state index in [4.69, 9.17) is 5.26 Å². The van der Waals surface area contributed by atoms with E-state index in [0.717, 1.165) is 6.07 Å². The highest BCUT2D eigenvalue weighted by atomic mass is 32.1. The van der Waals surface area contributed by atoms with Gasteiger partial charge in [0.1, 0.15) is 10.7 Å². The summed E-state index contributed by atoms with van der Waals surface area (Å²) in [4.78, 5) is 2.51. The predicted octanol–water partition coefficient (Wildman–Crippen LogP) is 2.55. The van der Waals surface area contributed by atoms with Crippen molar-refractivity contribution in [2.75, 3.05) is 0 Å². The molecule has 5 heteroatoms. The molecule has 0 aliphatic carbocycles. The van der Waals surface area contributed by atoms with Crippen LogP contribution in [-0.4, -0.2) is 4.98 Å². The molecule has 12 heavy (non-hydrogen) atoms. The summed E-state index contributed by atoms with van der Waals surface area (Å²) in [6.45, 7) is 0. The minimum atomic E-state index is -2.66. The summed E-state index contributed by atoms with van der Waals surface area (Å²) in [6, 6.07) is 2.78. The van der Waals surface area contributed by atoms with Gasteiger partial charge in [-0.25, -0.2) is 8.78 Å². The fourth-order valence-electron chi connectivity index (χ4n) is 0.791. The van der Waals surface area contributed by atoms with Crippen LogP contribution in [0, 0.1) is 16.0 Å². The van der Waals surface area contributed by atoms with E-state index in [1.807, 2.05) is 0 Å². The SMILES string of the molecule is N#Cc1c(C(F)F)cc[nH]c1=S. The van der Waals surface area contributed by atoms with E-state index in [0.29, 0.717) is 0 Å². The predicted molar refractivity (Wildman–Crippen MR) is 41.3 cm³/mol. The van der Waals surface area contributed by atoms with Crippen molar-refractivity contribution in [2.45, 2.75) is 6.43 Å². The first-order valence-electron chi connectivity index (χ1n) is 3.06. The molecule has 0 atom stereocenters. The van der Waals surface area contributed by atoms with Crippen LogP contribution in [0.4, 0.5) is 8.78 Å². The van der Waals surface area contributed by atoms with Gasteiger partial charge in [-0.05, 0) is 6.07 Å². The molecule has 2 nitrogen and oxygen atoms in total. The Morgan fingerprint density at radius 1 is 1.58 bits per heavy atom. The molecule has 0 aromatic carbocycles. The zero-order chi connectivity index (χ0) is 9.14. The molecule has 0 fully saturated rings. The topological polar surface area (TPSA) is 39.6 Å². The van der Waals surface area contributed by atoms with Crippen LogP contribution in [0.5, 0.6) is 0 Å². The minimum Gasteiger partial charge on any atom is -0.352 e. The Balaban J connectivity index is 3.41. The molecule has 0 amide bonds. The first-order valence-corrected chi connectivity index (χ1v) is 3.47. The molecule has 1 rings (SSSR count). The number of nitriles is 1. The quantitative estimate of drug-likeness (QED) is 0.684. The van der Waals surface area contributed by atoms with E-state index in [1.54, 1.807) is 6.07 Å². The number of aromatic nitrogens is 1. The van der Waals surface area contributed by atoms with E-state index >= 15 is 0 Å². The standard InChI is InChI=1S/C7H4F2N2S/c8-6(9)4-1-2-11-7(12)5(4)3-10/h1-2,6H,(H,11,12). The lowest BCUT2D eigenvalue weighted by Crippen LogP contribution is -1.92. The summed E-state index contributed by atoms with van der Waals surface area (Å²) in [5.41, 5.74) is -0.469. The van der Waals surface area contributed by atoms with Crippen molar-refractivity contribution in [1.29, 1.82) is 5.26 Å². The summed E-state index contributed by atoms with van der Waals surface area (Å²) in [7, 11) is 0. The third kappa shape index (κ3) is 1.48. The molecule has 0 spiro atoms. The Kier molecular flexibility index (Phi) is 2.51. The molecule has 0 aliphatic rings. The van der Waals surface area contributed by atoms with Crippen molar-refractivity contribution < 1.29 is 8.78 Å². The molecule has 1 aromatic rings. The van der Waals surface area contributed by atoms with Crippen molar-refractivity contribution in [2.24, 2.45) is 0 Å². The van der Waals surface area contributed by atoms with Crippen molar-refractivity contribution in [3.8, 4) is 6.07 Å². The number of halogens is 2. The van der Waals surface area contributed by atoms with Gasteiger partial charge < -0.3 is 4.98 Å². The van der Waals surface area contributed by atoms with Gasteiger partial charge in [0.15, 0.2) is 0 Å². The van der Waals surface area contributed by atoms with Gasteiger partial charge >= 0.3 is 0 Å². The van der Waals surface area contributed by atoms with E-state index in [2.05, 4.69) is 17.2 Å². The average Bonchev–Trinajstić information content (AvgIpc) is 2.03. The normalized spacial score (nSPS) is 9.83. The van der Waals surface area contributed by atoms with Gasteiger partial charge in [0.05, 0.1) is 5.56 Å². The largest absolute Gasteiger partial charge is 0.352 e. The van der Waals surface area contributed by atoms with Crippen LogP contribution in [0.15, 0.2) is 12.3 Å². The van der Waals surface area contributed by atoms with Crippen LogP contribution in [0.1, 0.15) is 17.6 Å². The van der Waals surface area contributed by atoms with Gasteiger partial charge in [-0.1, -0.05) is 12.2 Å². The summed E-state index contributed by atoms with van der Waals surface area (Å²) in [6.07, 6.45) is -1.36. The summed E-state index contributed by atoms with van der Waals surface area (Å²) >= 11 is 4.65. The van der Waals surface area contributed by atoms with Crippen molar-refractivity contribution in [3.63, 3.8) is 0 Å². The number of alkyl halides is 2. The zero-order valence-corrected chi connectivity index (χ0v) is 6.66. The molecule has 0 bridgehead atoms. The van der Waals surface area contributed by atoms with Gasteiger partial charge in [0.25, 0.3) is 6.43 Å². The molecular weight excluding hydrogens is 182 g/mol. The zero-order valence-electron chi connectivity index (χ0n) is 5.84. The van der Waals surface area contributed by atoms with E-state index in [-0.39, 0.29) is 15.8 Å². The monoisotopic (exact) mass is 186 g/mol. The summed E-state index contributed by atoms with van der Waals surface area (Å²) in [5, 5.41) is 8.48. The molecule has 0 saturated carbocycles. The number of nitrogens with zero attached hydrogens (tertiary/aromatic N) is 1. The van der Waals surface area contributed by atoms with Crippen LogP contribution in [0.25, 0.3) is 0 Å². The molecule has 0 saturated heterocycles. The van der Waals surface area contributed by atoms with Crippen LogP contribution in [0.3, 0.4) is 0 Å². The highest BCUT2D eigenvalue weighted by molar-refractivity contribution is 7.71. The van der Waals surface area contributed by atoms with Crippen LogP contribution in [0.2, 0.25) is 0 Å². The first-order chi connectivity index (χ1) is 5.66. The Morgan fingerprint density at radius 3 is 2.67 bits per heavy atom. The van der Waals surface area contributed by atoms with Gasteiger partial charge in [0, 0.05) is 11.8 Å². The van der Waals surface area contributed by atoms with Crippen molar-refractivity contribution in [1.82, 2.24) is 4.98 Å². The van der Waals surface area contributed by atoms with Crippen LogP contribution < -0.4 is 0 Å². The fourth-order valence-corrected chi connectivity index (χ4v) is 1.02. The second-order valence-electron chi connectivity index (χ2n) is 2.05. The fraction of sp³-hybridized carbons (Fsp3) is 0.143. The number of rotatable bonds is 1. The third-order valence-corrected chi connectivity index (χ3v) is 1.66. The molecule has 1 N–H and O–H groups in total. The molecule has 62 valence electrons. The highest BCUT2D eigenvalue weighted by Gasteiger charge is 2.12. The van der Waals surface area contributed by atoms with Gasteiger partial charge in [0.2, 0.25) is 0 Å². The number of hydrogen-bond donors (Lipinski definition) is 1. The maximum atomic E-state index is 12.2.